The number of hydrogen-bond donors (Lipinski definition) is 1. The van der Waals surface area contributed by atoms with Gasteiger partial charge in [0.1, 0.15) is 5.54 Å². The lowest BCUT2D eigenvalue weighted by Crippen LogP contribution is -2.59. The third kappa shape index (κ3) is 2.34. The second kappa shape index (κ2) is 5.24. The third-order valence-corrected chi connectivity index (χ3v) is 6.35. The Hall–Kier alpha value is -0.710. The number of rotatable bonds is 3. The van der Waals surface area contributed by atoms with Gasteiger partial charge in [-0.3, -0.25) is 9.59 Å². The van der Waals surface area contributed by atoms with Gasteiger partial charge in [-0.2, -0.15) is 11.8 Å². The van der Waals surface area contributed by atoms with Crippen molar-refractivity contribution in [3.63, 3.8) is 0 Å². The van der Waals surface area contributed by atoms with Crippen LogP contribution in [0.15, 0.2) is 0 Å². The van der Waals surface area contributed by atoms with Crippen LogP contribution in [0.2, 0.25) is 0 Å². The summed E-state index contributed by atoms with van der Waals surface area (Å²) < 4.78 is 0. The standard InChI is InChI=1S/C15H24N2O2S/c1-15(10-6-7-10)14(19)17(9-8-13(18)16-15)11-4-3-5-12(11)20-2/h10-12H,3-9H2,1-2H3,(H,16,18). The van der Waals surface area contributed by atoms with E-state index in [1.54, 1.807) is 0 Å². The normalized spacial score (nSPS) is 38.8. The predicted octanol–water partition coefficient (Wildman–Crippen LogP) is 1.79. The molecule has 5 heteroatoms. The quantitative estimate of drug-likeness (QED) is 0.864. The number of carbonyl (C=O) groups is 2. The van der Waals surface area contributed by atoms with E-state index in [0.29, 0.717) is 30.2 Å². The summed E-state index contributed by atoms with van der Waals surface area (Å²) in [5.41, 5.74) is -0.654. The highest BCUT2D eigenvalue weighted by Crippen LogP contribution is 2.43. The molecule has 3 fully saturated rings. The summed E-state index contributed by atoms with van der Waals surface area (Å²) in [7, 11) is 0. The molecule has 1 heterocycles. The number of thioether (sulfide) groups is 1. The van der Waals surface area contributed by atoms with Gasteiger partial charge in [-0.25, -0.2) is 0 Å². The molecule has 112 valence electrons. The van der Waals surface area contributed by atoms with Crippen molar-refractivity contribution >= 4 is 23.6 Å². The van der Waals surface area contributed by atoms with E-state index in [-0.39, 0.29) is 11.8 Å². The molecule has 1 N–H and O–H groups in total. The van der Waals surface area contributed by atoms with Crippen molar-refractivity contribution in [2.75, 3.05) is 12.8 Å². The maximum Gasteiger partial charge on any atom is 0.248 e. The highest BCUT2D eigenvalue weighted by molar-refractivity contribution is 7.99. The summed E-state index contributed by atoms with van der Waals surface area (Å²) >= 11 is 1.87. The molecule has 0 bridgehead atoms. The highest BCUT2D eigenvalue weighted by Gasteiger charge is 2.52. The molecule has 20 heavy (non-hydrogen) atoms. The molecule has 0 aromatic carbocycles. The number of amides is 2. The van der Waals surface area contributed by atoms with Gasteiger partial charge in [-0.1, -0.05) is 6.42 Å². The van der Waals surface area contributed by atoms with Gasteiger partial charge in [-0.05, 0) is 44.8 Å². The molecule has 3 rings (SSSR count). The number of hydrogen-bond acceptors (Lipinski definition) is 3. The van der Waals surface area contributed by atoms with E-state index in [0.717, 1.165) is 19.3 Å². The van der Waals surface area contributed by atoms with Crippen molar-refractivity contribution < 1.29 is 9.59 Å². The first-order chi connectivity index (χ1) is 9.56. The van der Waals surface area contributed by atoms with Crippen LogP contribution >= 0.6 is 11.8 Å². The SMILES string of the molecule is CSC1CCCC1N1CCC(=O)NC(C)(C2CC2)C1=O. The van der Waals surface area contributed by atoms with Crippen molar-refractivity contribution in [1.29, 1.82) is 0 Å². The van der Waals surface area contributed by atoms with E-state index in [1.807, 2.05) is 23.6 Å². The molecule has 3 atom stereocenters. The first-order valence-electron chi connectivity index (χ1n) is 7.71. The van der Waals surface area contributed by atoms with Crippen LogP contribution in [0.5, 0.6) is 0 Å². The zero-order valence-electron chi connectivity index (χ0n) is 12.4. The minimum Gasteiger partial charge on any atom is -0.342 e. The largest absolute Gasteiger partial charge is 0.342 e. The minimum atomic E-state index is -0.654. The van der Waals surface area contributed by atoms with Gasteiger partial charge < -0.3 is 10.2 Å². The van der Waals surface area contributed by atoms with E-state index >= 15 is 0 Å². The Bertz CT molecular complexity index is 424. The molecule has 1 aliphatic heterocycles. The van der Waals surface area contributed by atoms with Crippen LogP contribution in [0.1, 0.15) is 45.4 Å². The third-order valence-electron chi connectivity index (χ3n) is 5.20. The zero-order chi connectivity index (χ0) is 14.3. The van der Waals surface area contributed by atoms with Crippen molar-refractivity contribution in [1.82, 2.24) is 10.2 Å². The average Bonchev–Trinajstić information content (AvgIpc) is 3.19. The molecule has 4 nitrogen and oxygen atoms in total. The Morgan fingerprint density at radius 1 is 1.25 bits per heavy atom. The number of nitrogens with one attached hydrogen (secondary N) is 1. The molecule has 1 saturated heterocycles. The van der Waals surface area contributed by atoms with E-state index in [1.165, 1.54) is 12.8 Å². The molecule has 0 radical (unpaired) electrons. The van der Waals surface area contributed by atoms with Gasteiger partial charge in [0.25, 0.3) is 0 Å². The van der Waals surface area contributed by atoms with E-state index in [4.69, 9.17) is 0 Å². The fourth-order valence-electron chi connectivity index (χ4n) is 3.82. The highest BCUT2D eigenvalue weighted by atomic mass is 32.2. The Labute approximate surface area is 125 Å². The molecule has 2 aliphatic carbocycles. The maximum atomic E-state index is 13.0. The van der Waals surface area contributed by atoms with Gasteiger partial charge >= 0.3 is 0 Å². The summed E-state index contributed by atoms with van der Waals surface area (Å²) in [6.45, 7) is 2.53. The lowest BCUT2D eigenvalue weighted by Gasteiger charge is -2.37. The van der Waals surface area contributed by atoms with Gasteiger partial charge in [0, 0.05) is 24.3 Å². The van der Waals surface area contributed by atoms with E-state index in [2.05, 4.69) is 11.6 Å². The molecular weight excluding hydrogens is 272 g/mol. The summed E-state index contributed by atoms with van der Waals surface area (Å²) in [5.74, 6) is 0.541. The summed E-state index contributed by atoms with van der Waals surface area (Å²) in [6, 6.07) is 0.322. The van der Waals surface area contributed by atoms with Gasteiger partial charge in [-0.15, -0.1) is 0 Å². The average molecular weight is 296 g/mol. The molecule has 3 aliphatic rings. The van der Waals surface area contributed by atoms with Crippen LogP contribution < -0.4 is 5.32 Å². The molecule has 0 aromatic heterocycles. The predicted molar refractivity (Wildman–Crippen MR) is 80.5 cm³/mol. The lowest BCUT2D eigenvalue weighted by atomic mass is 9.93. The van der Waals surface area contributed by atoms with Crippen LogP contribution in [0.25, 0.3) is 0 Å². The second-order valence-corrected chi connectivity index (χ2v) is 7.62. The van der Waals surface area contributed by atoms with Gasteiger partial charge in [0.2, 0.25) is 11.8 Å². The molecule has 0 spiro atoms. The zero-order valence-corrected chi connectivity index (χ0v) is 13.2. The molecule has 2 amide bonds. The van der Waals surface area contributed by atoms with Crippen LogP contribution in [-0.2, 0) is 9.59 Å². The van der Waals surface area contributed by atoms with Crippen LogP contribution in [0.3, 0.4) is 0 Å². The first-order valence-corrected chi connectivity index (χ1v) is 9.00. The summed E-state index contributed by atoms with van der Waals surface area (Å²) in [6.07, 6.45) is 8.19. The smallest absolute Gasteiger partial charge is 0.248 e. The molecule has 0 aromatic rings. The summed E-state index contributed by atoms with van der Waals surface area (Å²) in [4.78, 5) is 27.1. The van der Waals surface area contributed by atoms with Crippen LogP contribution in [-0.4, -0.2) is 46.3 Å². The van der Waals surface area contributed by atoms with Crippen molar-refractivity contribution in [3.8, 4) is 0 Å². The Morgan fingerprint density at radius 2 is 2.00 bits per heavy atom. The Balaban J connectivity index is 1.86. The fourth-order valence-corrected chi connectivity index (χ4v) is 4.82. The molecule has 3 unspecified atom stereocenters. The monoisotopic (exact) mass is 296 g/mol. The van der Waals surface area contributed by atoms with Crippen molar-refractivity contribution in [2.45, 2.75) is 62.3 Å². The topological polar surface area (TPSA) is 49.4 Å². The van der Waals surface area contributed by atoms with Gasteiger partial charge in [0.05, 0.1) is 0 Å². The minimum absolute atomic E-state index is 0.0361. The Kier molecular flexibility index (Phi) is 3.73. The van der Waals surface area contributed by atoms with Crippen molar-refractivity contribution in [3.05, 3.63) is 0 Å². The number of nitrogens with zero attached hydrogens (tertiary/aromatic N) is 1. The summed E-state index contributed by atoms with van der Waals surface area (Å²) in [5, 5.41) is 3.55. The second-order valence-electron chi connectivity index (χ2n) is 6.55. The fraction of sp³-hybridized carbons (Fsp3) is 0.867. The molecular formula is C15H24N2O2S. The van der Waals surface area contributed by atoms with Crippen LogP contribution in [0.4, 0.5) is 0 Å². The van der Waals surface area contributed by atoms with E-state index in [9.17, 15) is 9.59 Å². The lowest BCUT2D eigenvalue weighted by molar-refractivity contribution is -0.140. The first kappa shape index (κ1) is 14.2. The van der Waals surface area contributed by atoms with Crippen molar-refractivity contribution in [2.24, 2.45) is 5.92 Å². The number of carbonyl (C=O) groups excluding carboxylic acids is 2. The van der Waals surface area contributed by atoms with Gasteiger partial charge in [0.15, 0.2) is 0 Å². The van der Waals surface area contributed by atoms with E-state index < -0.39 is 5.54 Å². The van der Waals surface area contributed by atoms with Crippen LogP contribution in [0, 0.1) is 5.92 Å². The molecule has 2 saturated carbocycles. The maximum absolute atomic E-state index is 13.0. The Morgan fingerprint density at radius 3 is 2.65 bits per heavy atom.